The Morgan fingerprint density at radius 1 is 1.12 bits per heavy atom. The third-order valence-electron chi connectivity index (χ3n) is 3.91. The number of nitrogens with zero attached hydrogens (tertiary/aromatic N) is 1. The summed E-state index contributed by atoms with van der Waals surface area (Å²) in [6, 6.07) is 11.9. The van der Waals surface area contributed by atoms with Crippen molar-refractivity contribution in [3.63, 3.8) is 0 Å². The third-order valence-corrected chi connectivity index (χ3v) is 3.91. The van der Waals surface area contributed by atoms with E-state index in [1.165, 1.54) is 13.2 Å². The van der Waals surface area contributed by atoms with Gasteiger partial charge in [0.1, 0.15) is 5.75 Å². The van der Waals surface area contributed by atoms with Gasteiger partial charge in [0.2, 0.25) is 0 Å². The molecule has 0 atom stereocenters. The Morgan fingerprint density at radius 2 is 1.88 bits per heavy atom. The Labute approximate surface area is 144 Å². The van der Waals surface area contributed by atoms with Crippen LogP contribution in [-0.2, 0) is 0 Å². The van der Waals surface area contributed by atoms with Gasteiger partial charge in [0, 0.05) is 11.6 Å². The summed E-state index contributed by atoms with van der Waals surface area (Å²) in [6.45, 7) is 1.72. The van der Waals surface area contributed by atoms with Crippen molar-refractivity contribution >= 4 is 28.5 Å². The number of aromatic nitrogens is 1. The molecule has 3 rings (SSSR count). The Morgan fingerprint density at radius 3 is 2.60 bits per heavy atom. The molecule has 2 aromatic carbocycles. The molecule has 1 amide bonds. The first-order valence-corrected chi connectivity index (χ1v) is 7.58. The van der Waals surface area contributed by atoms with Crippen LogP contribution in [0.5, 0.6) is 5.75 Å². The molecule has 0 spiro atoms. The zero-order chi connectivity index (χ0) is 18.0. The van der Waals surface area contributed by atoms with Crippen molar-refractivity contribution in [3.8, 4) is 5.75 Å². The van der Waals surface area contributed by atoms with Gasteiger partial charge in [-0.15, -0.1) is 0 Å². The fourth-order valence-corrected chi connectivity index (χ4v) is 2.68. The number of rotatable bonds is 4. The quantitative estimate of drug-likeness (QED) is 0.761. The molecule has 1 heterocycles. The molecule has 2 N–H and O–H groups in total. The lowest BCUT2D eigenvalue weighted by Gasteiger charge is -2.14. The summed E-state index contributed by atoms with van der Waals surface area (Å²) in [5, 5.41) is 12.9. The molecule has 6 heteroatoms. The molecule has 0 bridgehead atoms. The first kappa shape index (κ1) is 16.4. The average Bonchev–Trinajstić information content (AvgIpc) is 2.62. The van der Waals surface area contributed by atoms with E-state index in [-0.39, 0.29) is 11.3 Å². The fourth-order valence-electron chi connectivity index (χ4n) is 2.68. The minimum atomic E-state index is -1.14. The number of methoxy groups -OCH3 is 1. The number of anilines is 1. The number of carbonyl (C=O) groups excluding carboxylic acids is 1. The highest BCUT2D eigenvalue weighted by Gasteiger charge is 2.18. The van der Waals surface area contributed by atoms with Gasteiger partial charge in [-0.05, 0) is 36.8 Å². The van der Waals surface area contributed by atoms with E-state index in [1.807, 2.05) is 18.2 Å². The lowest BCUT2D eigenvalue weighted by atomic mass is 10.1. The van der Waals surface area contributed by atoms with E-state index in [1.54, 1.807) is 31.3 Å². The maximum atomic E-state index is 12.7. The lowest BCUT2D eigenvalue weighted by Crippen LogP contribution is -2.16. The Kier molecular flexibility index (Phi) is 4.35. The molecule has 0 unspecified atom stereocenters. The maximum absolute atomic E-state index is 12.7. The van der Waals surface area contributed by atoms with Gasteiger partial charge in [0.15, 0.2) is 0 Å². The smallest absolute Gasteiger partial charge is 0.337 e. The number of amides is 1. The molecule has 1 aromatic heterocycles. The second-order valence-electron chi connectivity index (χ2n) is 5.50. The summed E-state index contributed by atoms with van der Waals surface area (Å²) in [4.78, 5) is 28.5. The Balaban J connectivity index is 2.05. The summed E-state index contributed by atoms with van der Waals surface area (Å²) >= 11 is 0. The van der Waals surface area contributed by atoms with Crippen molar-refractivity contribution in [2.45, 2.75) is 6.92 Å². The molecule has 0 aliphatic rings. The normalized spacial score (nSPS) is 10.5. The molecule has 0 aliphatic heterocycles. The second-order valence-corrected chi connectivity index (χ2v) is 5.50. The van der Waals surface area contributed by atoms with Crippen molar-refractivity contribution in [1.29, 1.82) is 0 Å². The highest BCUT2D eigenvalue weighted by molar-refractivity contribution is 6.14. The number of ether oxygens (including phenoxy) is 1. The monoisotopic (exact) mass is 336 g/mol. The van der Waals surface area contributed by atoms with Gasteiger partial charge >= 0.3 is 5.97 Å². The van der Waals surface area contributed by atoms with Crippen LogP contribution in [0.2, 0.25) is 0 Å². The molecule has 0 saturated heterocycles. The first-order valence-electron chi connectivity index (χ1n) is 7.58. The zero-order valence-electron chi connectivity index (χ0n) is 13.7. The predicted molar refractivity (Wildman–Crippen MR) is 94.4 cm³/mol. The summed E-state index contributed by atoms with van der Waals surface area (Å²) in [5.41, 5.74) is 1.95. The summed E-state index contributed by atoms with van der Waals surface area (Å²) in [5.74, 6) is -1.12. The standard InChI is InChI=1S/C19H16N2O4/c1-11-9-12(25-2)10-15(19(23)24)17(11)21-18(22)14-7-8-20-16-6-4-3-5-13(14)16/h3-10H,1-2H3,(H,21,22)(H,23,24). The number of carbonyl (C=O) groups is 2. The van der Waals surface area contributed by atoms with Crippen LogP contribution in [0.3, 0.4) is 0 Å². The predicted octanol–water partition coefficient (Wildman–Crippen LogP) is 3.50. The van der Waals surface area contributed by atoms with E-state index in [4.69, 9.17) is 4.74 Å². The largest absolute Gasteiger partial charge is 0.497 e. The van der Waals surface area contributed by atoms with E-state index in [0.717, 1.165) is 0 Å². The van der Waals surface area contributed by atoms with Crippen LogP contribution < -0.4 is 10.1 Å². The molecule has 0 fully saturated rings. The number of benzene rings is 2. The van der Waals surface area contributed by atoms with Crippen LogP contribution in [-0.4, -0.2) is 29.1 Å². The van der Waals surface area contributed by atoms with Gasteiger partial charge in [0.05, 0.1) is 29.4 Å². The minimum Gasteiger partial charge on any atom is -0.497 e. The number of carboxylic acids is 1. The molecule has 0 aliphatic carbocycles. The van der Waals surface area contributed by atoms with E-state index in [2.05, 4.69) is 10.3 Å². The molecule has 3 aromatic rings. The van der Waals surface area contributed by atoms with Crippen LogP contribution in [0.15, 0.2) is 48.7 Å². The minimum absolute atomic E-state index is 0.0245. The number of hydrogen-bond acceptors (Lipinski definition) is 4. The van der Waals surface area contributed by atoms with Crippen LogP contribution >= 0.6 is 0 Å². The highest BCUT2D eigenvalue weighted by Crippen LogP contribution is 2.28. The van der Waals surface area contributed by atoms with Crippen molar-refractivity contribution < 1.29 is 19.4 Å². The maximum Gasteiger partial charge on any atom is 0.337 e. The number of nitrogens with one attached hydrogen (secondary N) is 1. The Bertz CT molecular complexity index is 977. The number of aromatic carboxylic acids is 1. The molecule has 126 valence electrons. The van der Waals surface area contributed by atoms with Crippen molar-refractivity contribution in [3.05, 3.63) is 65.4 Å². The van der Waals surface area contributed by atoms with E-state index in [0.29, 0.717) is 27.8 Å². The van der Waals surface area contributed by atoms with Crippen molar-refractivity contribution in [1.82, 2.24) is 4.98 Å². The van der Waals surface area contributed by atoms with Crippen LogP contribution in [0.25, 0.3) is 10.9 Å². The summed E-state index contributed by atoms with van der Waals surface area (Å²) in [7, 11) is 1.46. The second kappa shape index (κ2) is 6.60. The Hall–Kier alpha value is -3.41. The number of fused-ring (bicyclic) bond motifs is 1. The zero-order valence-corrected chi connectivity index (χ0v) is 13.7. The van der Waals surface area contributed by atoms with E-state index in [9.17, 15) is 14.7 Å². The van der Waals surface area contributed by atoms with Gasteiger partial charge in [-0.1, -0.05) is 18.2 Å². The van der Waals surface area contributed by atoms with Gasteiger partial charge in [-0.25, -0.2) is 4.79 Å². The molecule has 25 heavy (non-hydrogen) atoms. The topological polar surface area (TPSA) is 88.5 Å². The molecular formula is C19H16N2O4. The van der Waals surface area contributed by atoms with Gasteiger partial charge in [-0.2, -0.15) is 0 Å². The fraction of sp³-hybridized carbons (Fsp3) is 0.105. The molecule has 0 saturated carbocycles. The van der Waals surface area contributed by atoms with Crippen molar-refractivity contribution in [2.24, 2.45) is 0 Å². The summed E-state index contributed by atoms with van der Waals surface area (Å²) in [6.07, 6.45) is 1.55. The molecule has 0 radical (unpaired) electrons. The SMILES string of the molecule is COc1cc(C)c(NC(=O)c2ccnc3ccccc23)c(C(=O)O)c1. The number of para-hydroxylation sites is 1. The van der Waals surface area contributed by atoms with Gasteiger partial charge in [-0.3, -0.25) is 9.78 Å². The molecular weight excluding hydrogens is 320 g/mol. The number of pyridine rings is 1. The highest BCUT2D eigenvalue weighted by atomic mass is 16.5. The van der Waals surface area contributed by atoms with Crippen LogP contribution in [0, 0.1) is 6.92 Å². The van der Waals surface area contributed by atoms with Crippen LogP contribution in [0.1, 0.15) is 26.3 Å². The third kappa shape index (κ3) is 3.14. The number of aryl methyl sites for hydroxylation is 1. The van der Waals surface area contributed by atoms with Gasteiger partial charge in [0.25, 0.3) is 5.91 Å². The summed E-state index contributed by atoms with van der Waals surface area (Å²) < 4.78 is 5.10. The number of carboxylic acid groups (broad SMARTS) is 1. The lowest BCUT2D eigenvalue weighted by molar-refractivity contribution is 0.0697. The van der Waals surface area contributed by atoms with E-state index < -0.39 is 11.9 Å². The average molecular weight is 336 g/mol. The van der Waals surface area contributed by atoms with E-state index >= 15 is 0 Å². The molecule has 6 nitrogen and oxygen atoms in total. The van der Waals surface area contributed by atoms with Crippen LogP contribution in [0.4, 0.5) is 5.69 Å². The van der Waals surface area contributed by atoms with Gasteiger partial charge < -0.3 is 15.2 Å². The number of hydrogen-bond donors (Lipinski definition) is 2. The first-order chi connectivity index (χ1) is 12.0. The van der Waals surface area contributed by atoms with Crippen molar-refractivity contribution in [2.75, 3.05) is 12.4 Å².